The number of rotatable bonds is 6. The molecule has 2 saturated heterocycles. The van der Waals surface area contributed by atoms with Gasteiger partial charge in [0.2, 0.25) is 0 Å². The van der Waals surface area contributed by atoms with Gasteiger partial charge in [-0.25, -0.2) is 0 Å². The summed E-state index contributed by atoms with van der Waals surface area (Å²) in [6, 6.07) is 0. The van der Waals surface area contributed by atoms with Gasteiger partial charge in [-0.3, -0.25) is 4.79 Å². The van der Waals surface area contributed by atoms with Crippen LogP contribution in [0.5, 0.6) is 0 Å². The van der Waals surface area contributed by atoms with Gasteiger partial charge in [0.05, 0.1) is 30.8 Å². The van der Waals surface area contributed by atoms with Crippen molar-refractivity contribution in [3.8, 4) is 0 Å². The molecule has 0 aromatic rings. The van der Waals surface area contributed by atoms with Crippen LogP contribution in [0.15, 0.2) is 11.6 Å². The van der Waals surface area contributed by atoms with Gasteiger partial charge in [0.15, 0.2) is 12.6 Å². The first-order chi connectivity index (χ1) is 24.7. The van der Waals surface area contributed by atoms with Crippen LogP contribution >= 0.6 is 0 Å². The molecule has 7 aliphatic rings. The van der Waals surface area contributed by atoms with Crippen LogP contribution < -0.4 is 0 Å². The minimum Gasteiger partial charge on any atom is -0.481 e. The van der Waals surface area contributed by atoms with E-state index in [1.165, 1.54) is 12.5 Å². The van der Waals surface area contributed by atoms with Crippen LogP contribution in [-0.4, -0.2) is 116 Å². The van der Waals surface area contributed by atoms with Crippen LogP contribution in [-0.2, 0) is 23.7 Å². The Morgan fingerprint density at radius 3 is 2.17 bits per heavy atom. The second-order valence-electron chi connectivity index (χ2n) is 20.0. The van der Waals surface area contributed by atoms with Crippen LogP contribution in [0.4, 0.5) is 0 Å². The number of ether oxygens (including phenoxy) is 4. The predicted molar refractivity (Wildman–Crippen MR) is 192 cm³/mol. The van der Waals surface area contributed by atoms with Crippen molar-refractivity contribution in [2.24, 2.45) is 50.2 Å². The molecule has 0 bridgehead atoms. The van der Waals surface area contributed by atoms with Crippen LogP contribution in [0.25, 0.3) is 0 Å². The summed E-state index contributed by atoms with van der Waals surface area (Å²) in [5, 5.41) is 74.8. The summed E-state index contributed by atoms with van der Waals surface area (Å²) in [7, 11) is 0. The van der Waals surface area contributed by atoms with Crippen molar-refractivity contribution < 1.29 is 59.5 Å². The molecule has 302 valence electrons. The quantitative estimate of drug-likeness (QED) is 0.155. The number of carboxylic acids is 1. The number of allylic oxidation sites excluding steroid dienone is 2. The lowest BCUT2D eigenvalue weighted by Gasteiger charge is -2.71. The third-order valence-corrected chi connectivity index (χ3v) is 17.0. The number of hydrogen-bond acceptors (Lipinski definition) is 11. The standard InChI is InChI=1S/C41H66O12/c1-21-28(43)30(45)32(47)34(51-21)52-24-19-50-33(31(46)29(24)44)53-27-11-12-37(4)25(38(27,5)20-42)10-13-40(7)26(37)9-8-22-23-18-36(2,3)14-16-41(23,35(48)49)17-15-39(22,40)6/h8,21,23-34,42-47H,9-20H2,1-7H3,(H,48,49)/t21?,23-,24-,25+,26+,27-,28-,29+,30-,31?,32?,33+,34-,37-,38-,39+,40+,41-/m0/s1. The lowest BCUT2D eigenvalue weighted by Crippen LogP contribution is -2.66. The Balaban J connectivity index is 1.08. The Hall–Kier alpha value is -1.19. The molecule has 53 heavy (non-hydrogen) atoms. The summed E-state index contributed by atoms with van der Waals surface area (Å²) >= 11 is 0. The van der Waals surface area contributed by atoms with Gasteiger partial charge < -0.3 is 54.7 Å². The van der Waals surface area contributed by atoms with Gasteiger partial charge >= 0.3 is 5.97 Å². The number of aliphatic hydroxyl groups excluding tert-OH is 6. The largest absolute Gasteiger partial charge is 0.481 e. The summed E-state index contributed by atoms with van der Waals surface area (Å²) in [5.41, 5.74) is -0.134. The minimum atomic E-state index is -1.57. The SMILES string of the molecule is CC1O[C@@H](O[C@H]2CO[C@H](O[C@H]3CC[C@@]4(C)[C@@H](CC[C@]5(C)[C@@H]4CC=C4[C@@H]6CC(C)(C)CC[C@]6(C(=O)O)CC[C@]45C)[C@]3(C)CO)C(O)[C@@H]2O)C(O)[C@@H](O)[C@H]1O. The Morgan fingerprint density at radius 2 is 1.49 bits per heavy atom. The summed E-state index contributed by atoms with van der Waals surface area (Å²) in [6.07, 6.45) is -1.40. The average Bonchev–Trinajstić information content (AvgIpc) is 3.10. The van der Waals surface area contributed by atoms with Gasteiger partial charge in [0, 0.05) is 5.41 Å². The van der Waals surface area contributed by atoms with E-state index in [9.17, 15) is 40.5 Å². The van der Waals surface area contributed by atoms with Crippen LogP contribution in [0, 0.1) is 50.2 Å². The smallest absolute Gasteiger partial charge is 0.310 e. The zero-order valence-electron chi connectivity index (χ0n) is 32.7. The third-order valence-electron chi connectivity index (χ3n) is 17.0. The minimum absolute atomic E-state index is 0.0397. The lowest BCUT2D eigenvalue weighted by atomic mass is 9.33. The molecule has 7 N–H and O–H groups in total. The maximum absolute atomic E-state index is 13.0. The van der Waals surface area contributed by atoms with E-state index in [4.69, 9.17) is 18.9 Å². The monoisotopic (exact) mass is 750 g/mol. The van der Waals surface area contributed by atoms with E-state index < -0.39 is 78.2 Å². The number of carboxylic acid groups (broad SMARTS) is 1. The Morgan fingerprint density at radius 1 is 0.811 bits per heavy atom. The predicted octanol–water partition coefficient (Wildman–Crippen LogP) is 3.52. The highest BCUT2D eigenvalue weighted by Gasteiger charge is 2.70. The van der Waals surface area contributed by atoms with Crippen molar-refractivity contribution >= 4 is 5.97 Å². The normalized spacial score (nSPS) is 55.1. The second kappa shape index (κ2) is 13.5. The van der Waals surface area contributed by atoms with Gasteiger partial charge in [-0.15, -0.1) is 0 Å². The highest BCUT2D eigenvalue weighted by Crippen LogP contribution is 2.76. The molecule has 18 atom stereocenters. The van der Waals surface area contributed by atoms with E-state index in [0.717, 1.165) is 51.4 Å². The molecule has 0 radical (unpaired) electrons. The van der Waals surface area contributed by atoms with Crippen molar-refractivity contribution in [3.05, 3.63) is 11.6 Å². The molecular weight excluding hydrogens is 684 g/mol. The maximum atomic E-state index is 13.0. The molecule has 0 spiro atoms. The Kier molecular flexibility index (Phi) is 10.2. The van der Waals surface area contributed by atoms with Crippen molar-refractivity contribution in [1.82, 2.24) is 0 Å². The molecule has 6 fully saturated rings. The first-order valence-corrected chi connectivity index (χ1v) is 20.2. The van der Waals surface area contributed by atoms with Crippen LogP contribution in [0.1, 0.15) is 113 Å². The summed E-state index contributed by atoms with van der Waals surface area (Å²) in [4.78, 5) is 13.0. The van der Waals surface area contributed by atoms with Crippen LogP contribution in [0.3, 0.4) is 0 Å². The molecule has 7 rings (SSSR count). The highest BCUT2D eigenvalue weighted by atomic mass is 16.7. The fraction of sp³-hybridized carbons (Fsp3) is 0.927. The fourth-order valence-corrected chi connectivity index (χ4v) is 13.3. The van der Waals surface area contributed by atoms with E-state index in [0.29, 0.717) is 18.8 Å². The topological polar surface area (TPSA) is 196 Å². The van der Waals surface area contributed by atoms with E-state index in [2.05, 4.69) is 47.6 Å². The highest BCUT2D eigenvalue weighted by molar-refractivity contribution is 5.76. The molecule has 3 unspecified atom stereocenters. The number of aliphatic hydroxyl groups is 6. The van der Waals surface area contributed by atoms with Crippen molar-refractivity contribution in [1.29, 1.82) is 0 Å². The Labute approximate surface area is 314 Å². The molecule has 5 aliphatic carbocycles. The third kappa shape index (κ3) is 5.85. The van der Waals surface area contributed by atoms with Gasteiger partial charge in [-0.1, -0.05) is 53.2 Å². The molecule has 2 aliphatic heterocycles. The summed E-state index contributed by atoms with van der Waals surface area (Å²) in [6.45, 7) is 15.2. The molecule has 4 saturated carbocycles. The maximum Gasteiger partial charge on any atom is 0.310 e. The van der Waals surface area contributed by atoms with Crippen molar-refractivity contribution in [2.45, 2.75) is 174 Å². The van der Waals surface area contributed by atoms with E-state index in [-0.39, 0.29) is 46.7 Å². The lowest BCUT2D eigenvalue weighted by molar-refractivity contribution is -0.350. The average molecular weight is 751 g/mol. The molecule has 12 heteroatoms. The molecule has 0 aromatic heterocycles. The van der Waals surface area contributed by atoms with Crippen molar-refractivity contribution in [2.75, 3.05) is 13.2 Å². The van der Waals surface area contributed by atoms with E-state index >= 15 is 0 Å². The number of aliphatic carboxylic acids is 1. The fourth-order valence-electron chi connectivity index (χ4n) is 13.3. The number of carbonyl (C=O) groups is 1. The van der Waals surface area contributed by atoms with Crippen molar-refractivity contribution in [3.63, 3.8) is 0 Å². The second-order valence-corrected chi connectivity index (χ2v) is 20.0. The first-order valence-electron chi connectivity index (χ1n) is 20.2. The van der Waals surface area contributed by atoms with E-state index in [1.807, 2.05) is 0 Å². The molecule has 0 amide bonds. The molecule has 2 heterocycles. The molecular formula is C41H66O12. The number of fused-ring (bicyclic) bond motifs is 7. The van der Waals surface area contributed by atoms with Gasteiger partial charge in [-0.2, -0.15) is 0 Å². The van der Waals surface area contributed by atoms with Crippen LogP contribution in [0.2, 0.25) is 0 Å². The number of hydrogen-bond donors (Lipinski definition) is 7. The van der Waals surface area contributed by atoms with Gasteiger partial charge in [0.1, 0.15) is 36.6 Å². The Bertz CT molecular complexity index is 1440. The van der Waals surface area contributed by atoms with E-state index in [1.54, 1.807) is 0 Å². The zero-order chi connectivity index (χ0) is 38.7. The van der Waals surface area contributed by atoms with Gasteiger partial charge in [-0.05, 0) is 111 Å². The molecule has 12 nitrogen and oxygen atoms in total. The molecule has 0 aromatic carbocycles. The first kappa shape index (κ1) is 40.0. The van der Waals surface area contributed by atoms with Gasteiger partial charge in [0.25, 0.3) is 0 Å². The summed E-state index contributed by atoms with van der Waals surface area (Å²) < 4.78 is 23.8. The summed E-state index contributed by atoms with van der Waals surface area (Å²) in [5.74, 6) is -0.139. The zero-order valence-corrected chi connectivity index (χ0v) is 32.7.